The minimum Gasteiger partial charge on any atom is -0.480 e. The van der Waals surface area contributed by atoms with Gasteiger partial charge in [0.25, 0.3) is 0 Å². The molecule has 0 atom stereocenters. The molecule has 0 saturated carbocycles. The quantitative estimate of drug-likeness (QED) is 0.693. The molecule has 0 fully saturated rings. The van der Waals surface area contributed by atoms with Crippen molar-refractivity contribution in [3.05, 3.63) is 35.6 Å². The highest BCUT2D eigenvalue weighted by Gasteiger charge is 2.24. The number of ether oxygens (including phenoxy) is 2. The highest BCUT2D eigenvalue weighted by atomic mass is 35.5. The predicted molar refractivity (Wildman–Crippen MR) is 123 cm³/mol. The molecule has 170 valence electrons. The number of carbonyl (C=O) groups is 2. The van der Waals surface area contributed by atoms with Gasteiger partial charge in [-0.05, 0) is 18.2 Å². The lowest BCUT2D eigenvalue weighted by molar-refractivity contribution is -0.123. The van der Waals surface area contributed by atoms with E-state index in [1.54, 1.807) is 24.4 Å². The molecule has 0 aromatic carbocycles. The van der Waals surface area contributed by atoms with Crippen molar-refractivity contribution in [3.8, 4) is 11.8 Å². The van der Waals surface area contributed by atoms with Crippen molar-refractivity contribution in [1.29, 1.82) is 0 Å². The number of nitrogens with one attached hydrogen (secondary N) is 2. The van der Waals surface area contributed by atoms with E-state index >= 15 is 0 Å². The number of methoxy groups -OCH3 is 2. The molecule has 0 spiro atoms. The van der Waals surface area contributed by atoms with Crippen molar-refractivity contribution < 1.29 is 19.1 Å². The molecule has 0 aliphatic rings. The first-order chi connectivity index (χ1) is 14.3. The van der Waals surface area contributed by atoms with E-state index < -0.39 is 10.8 Å². The van der Waals surface area contributed by atoms with Crippen molar-refractivity contribution in [3.63, 3.8) is 0 Å². The molecule has 2 aromatic heterocycles. The zero-order chi connectivity index (χ0) is 23.8. The SMILES string of the molecule is COc1nccc(Cl)c1NC(=O)C(C)(C)C.COc1ncccc1NC(=O)C(C)(C)C. The third-order valence-corrected chi connectivity index (χ3v) is 4.19. The van der Waals surface area contributed by atoms with Gasteiger partial charge in [0.15, 0.2) is 0 Å². The second-order valence-corrected chi connectivity index (χ2v) is 9.05. The van der Waals surface area contributed by atoms with E-state index in [9.17, 15) is 9.59 Å². The van der Waals surface area contributed by atoms with Crippen LogP contribution in [0.2, 0.25) is 5.02 Å². The number of anilines is 2. The average molecular weight is 451 g/mol. The fourth-order valence-corrected chi connectivity index (χ4v) is 2.13. The molecule has 2 amide bonds. The maximum Gasteiger partial charge on any atom is 0.239 e. The van der Waals surface area contributed by atoms with Crippen LogP contribution in [-0.4, -0.2) is 36.0 Å². The summed E-state index contributed by atoms with van der Waals surface area (Å²) < 4.78 is 10.1. The van der Waals surface area contributed by atoms with Gasteiger partial charge in [0, 0.05) is 23.2 Å². The zero-order valence-electron chi connectivity index (χ0n) is 19.3. The Balaban J connectivity index is 0.000000311. The summed E-state index contributed by atoms with van der Waals surface area (Å²) >= 11 is 5.97. The van der Waals surface area contributed by atoms with Crippen molar-refractivity contribution in [2.45, 2.75) is 41.5 Å². The molecule has 0 aliphatic heterocycles. The first kappa shape index (κ1) is 26.2. The molecule has 0 unspecified atom stereocenters. The maximum absolute atomic E-state index is 11.8. The van der Waals surface area contributed by atoms with Crippen molar-refractivity contribution in [2.75, 3.05) is 24.9 Å². The van der Waals surface area contributed by atoms with Crippen LogP contribution in [-0.2, 0) is 9.59 Å². The van der Waals surface area contributed by atoms with Crippen molar-refractivity contribution in [1.82, 2.24) is 9.97 Å². The first-order valence-electron chi connectivity index (χ1n) is 9.61. The first-order valence-corrected chi connectivity index (χ1v) is 9.99. The van der Waals surface area contributed by atoms with Gasteiger partial charge in [-0.1, -0.05) is 53.1 Å². The molecule has 2 aromatic rings. The van der Waals surface area contributed by atoms with E-state index in [1.807, 2.05) is 41.5 Å². The Morgan fingerprint density at radius 3 is 1.87 bits per heavy atom. The van der Waals surface area contributed by atoms with Crippen LogP contribution in [0.25, 0.3) is 0 Å². The van der Waals surface area contributed by atoms with Crippen LogP contribution < -0.4 is 20.1 Å². The van der Waals surface area contributed by atoms with E-state index in [2.05, 4.69) is 20.6 Å². The van der Waals surface area contributed by atoms with Gasteiger partial charge in [-0.2, -0.15) is 0 Å². The second kappa shape index (κ2) is 10.9. The molecule has 9 heteroatoms. The van der Waals surface area contributed by atoms with Crippen LogP contribution in [0.15, 0.2) is 30.6 Å². The number of aromatic nitrogens is 2. The molecule has 0 radical (unpaired) electrons. The highest BCUT2D eigenvalue weighted by Crippen LogP contribution is 2.31. The third kappa shape index (κ3) is 8.05. The molecule has 2 N–H and O–H groups in total. The fourth-order valence-electron chi connectivity index (χ4n) is 1.95. The van der Waals surface area contributed by atoms with E-state index in [0.29, 0.717) is 28.2 Å². The highest BCUT2D eigenvalue weighted by molar-refractivity contribution is 6.34. The molecule has 0 bridgehead atoms. The largest absolute Gasteiger partial charge is 0.480 e. The summed E-state index contributed by atoms with van der Waals surface area (Å²) in [6, 6.07) is 5.11. The molecule has 8 nitrogen and oxygen atoms in total. The fraction of sp³-hybridized carbons (Fsp3) is 0.455. The van der Waals surface area contributed by atoms with Crippen LogP contribution in [0.1, 0.15) is 41.5 Å². The molecular weight excluding hydrogens is 420 g/mol. The lowest BCUT2D eigenvalue weighted by atomic mass is 9.95. The number of pyridine rings is 2. The Labute approximate surface area is 188 Å². The zero-order valence-corrected chi connectivity index (χ0v) is 20.0. The van der Waals surface area contributed by atoms with Gasteiger partial charge in [0.05, 0.1) is 19.2 Å². The molecular formula is C22H31ClN4O4. The average Bonchev–Trinajstić information content (AvgIpc) is 2.68. The summed E-state index contributed by atoms with van der Waals surface area (Å²) in [4.78, 5) is 31.5. The van der Waals surface area contributed by atoms with Crippen LogP contribution in [0.5, 0.6) is 11.8 Å². The Morgan fingerprint density at radius 2 is 1.35 bits per heavy atom. The van der Waals surface area contributed by atoms with Crippen LogP contribution >= 0.6 is 11.6 Å². The molecule has 2 heterocycles. The van der Waals surface area contributed by atoms with Gasteiger partial charge in [0.2, 0.25) is 23.6 Å². The van der Waals surface area contributed by atoms with Crippen LogP contribution in [0, 0.1) is 10.8 Å². The monoisotopic (exact) mass is 450 g/mol. The summed E-state index contributed by atoms with van der Waals surface area (Å²) in [5, 5.41) is 5.89. The number of nitrogens with zero attached hydrogens (tertiary/aromatic N) is 2. The standard InChI is InChI=1S/C11H15ClN2O2.C11H16N2O2/c1-11(2,3)10(15)14-8-7(12)5-6-13-9(8)16-4;1-11(2,3)10(14)13-8-6-5-7-12-9(8)15-4/h5-6H,1-4H3,(H,14,15);5-7H,1-4H3,(H,13,14). The van der Waals surface area contributed by atoms with Crippen molar-refractivity contribution in [2.24, 2.45) is 10.8 Å². The number of carbonyl (C=O) groups excluding carboxylic acids is 2. The summed E-state index contributed by atoms with van der Waals surface area (Å²) in [5.74, 6) is 0.537. The summed E-state index contributed by atoms with van der Waals surface area (Å²) in [6.45, 7) is 11.0. The normalized spacial score (nSPS) is 11.0. The molecule has 2 rings (SSSR count). The molecule has 31 heavy (non-hydrogen) atoms. The van der Waals surface area contributed by atoms with Gasteiger partial charge >= 0.3 is 0 Å². The Morgan fingerprint density at radius 1 is 0.839 bits per heavy atom. The Kier molecular flexibility index (Phi) is 9.24. The molecule has 0 aliphatic carbocycles. The lowest BCUT2D eigenvalue weighted by Gasteiger charge is -2.19. The summed E-state index contributed by atoms with van der Waals surface area (Å²) in [6.07, 6.45) is 3.14. The topological polar surface area (TPSA) is 102 Å². The summed E-state index contributed by atoms with van der Waals surface area (Å²) in [7, 11) is 3.00. The van der Waals surface area contributed by atoms with Gasteiger partial charge in [-0.3, -0.25) is 9.59 Å². The van der Waals surface area contributed by atoms with E-state index in [1.165, 1.54) is 20.4 Å². The number of hydrogen-bond donors (Lipinski definition) is 2. The van der Waals surface area contributed by atoms with Gasteiger partial charge in [-0.25, -0.2) is 9.97 Å². The van der Waals surface area contributed by atoms with Crippen molar-refractivity contribution >= 4 is 34.8 Å². The third-order valence-electron chi connectivity index (χ3n) is 3.87. The predicted octanol–water partition coefficient (Wildman–Crippen LogP) is 4.80. The summed E-state index contributed by atoms with van der Waals surface area (Å²) in [5.41, 5.74) is 0.0805. The number of rotatable bonds is 4. The van der Waals surface area contributed by atoms with Crippen LogP contribution in [0.4, 0.5) is 11.4 Å². The number of hydrogen-bond acceptors (Lipinski definition) is 6. The lowest BCUT2D eigenvalue weighted by Crippen LogP contribution is -2.28. The smallest absolute Gasteiger partial charge is 0.239 e. The maximum atomic E-state index is 11.8. The minimum absolute atomic E-state index is 0.0613. The minimum atomic E-state index is -0.496. The van der Waals surface area contributed by atoms with Crippen LogP contribution in [0.3, 0.4) is 0 Å². The number of amides is 2. The van der Waals surface area contributed by atoms with Gasteiger partial charge in [-0.15, -0.1) is 0 Å². The number of halogens is 1. The van der Waals surface area contributed by atoms with Gasteiger partial charge < -0.3 is 20.1 Å². The second-order valence-electron chi connectivity index (χ2n) is 8.65. The van der Waals surface area contributed by atoms with E-state index in [4.69, 9.17) is 21.1 Å². The van der Waals surface area contributed by atoms with E-state index in [-0.39, 0.29) is 11.8 Å². The Bertz CT molecular complexity index is 905. The Hall–Kier alpha value is -2.87. The van der Waals surface area contributed by atoms with E-state index in [0.717, 1.165) is 0 Å². The molecule has 0 saturated heterocycles. The van der Waals surface area contributed by atoms with Gasteiger partial charge in [0.1, 0.15) is 11.4 Å².